The van der Waals surface area contributed by atoms with Crippen molar-refractivity contribution in [2.45, 2.75) is 32.9 Å². The van der Waals surface area contributed by atoms with Gasteiger partial charge in [-0.1, -0.05) is 0 Å². The summed E-state index contributed by atoms with van der Waals surface area (Å²) in [5.41, 5.74) is 0.735. The summed E-state index contributed by atoms with van der Waals surface area (Å²) in [5.74, 6) is -0.819. The molecule has 156 valence electrons. The highest BCUT2D eigenvalue weighted by Gasteiger charge is 2.21. The quantitative estimate of drug-likeness (QED) is 0.576. The Hall–Kier alpha value is -3.88. The van der Waals surface area contributed by atoms with E-state index in [2.05, 4.69) is 15.7 Å². The molecule has 0 bridgehead atoms. The number of carbonyl (C=O) groups is 3. The van der Waals surface area contributed by atoms with Crippen molar-refractivity contribution in [3.8, 4) is 0 Å². The fourth-order valence-electron chi connectivity index (χ4n) is 2.62. The van der Waals surface area contributed by atoms with Gasteiger partial charge in [-0.05, 0) is 57.2 Å². The average Bonchev–Trinajstić information content (AvgIpc) is 3.40. The molecule has 2 heterocycles. The molecule has 9 heteroatoms. The van der Waals surface area contributed by atoms with Gasteiger partial charge < -0.3 is 19.8 Å². The molecule has 3 rings (SSSR count). The van der Waals surface area contributed by atoms with E-state index < -0.39 is 23.9 Å². The van der Waals surface area contributed by atoms with Crippen molar-refractivity contribution >= 4 is 29.3 Å². The molecule has 0 aliphatic rings. The lowest BCUT2D eigenvalue weighted by Gasteiger charge is -2.16. The summed E-state index contributed by atoms with van der Waals surface area (Å²) in [6.07, 6.45) is 1.98. The van der Waals surface area contributed by atoms with E-state index in [1.807, 2.05) is 13.8 Å². The Labute approximate surface area is 173 Å². The van der Waals surface area contributed by atoms with Gasteiger partial charge in [-0.3, -0.25) is 9.59 Å². The smallest absolute Gasteiger partial charge is 0.338 e. The van der Waals surface area contributed by atoms with Crippen LogP contribution in [0.2, 0.25) is 0 Å². The van der Waals surface area contributed by atoms with Crippen LogP contribution in [0.1, 0.15) is 47.7 Å². The zero-order chi connectivity index (χ0) is 21.7. The second-order valence-corrected chi connectivity index (χ2v) is 6.80. The fraction of sp³-hybridized carbons (Fsp3) is 0.238. The summed E-state index contributed by atoms with van der Waals surface area (Å²) in [6.45, 7) is 5.36. The molecular formula is C21H22N4O5. The summed E-state index contributed by atoms with van der Waals surface area (Å²) >= 11 is 0. The fourth-order valence-corrected chi connectivity index (χ4v) is 2.62. The Morgan fingerprint density at radius 2 is 1.77 bits per heavy atom. The summed E-state index contributed by atoms with van der Waals surface area (Å²) in [5, 5.41) is 9.49. The van der Waals surface area contributed by atoms with Crippen molar-refractivity contribution < 1.29 is 23.5 Å². The van der Waals surface area contributed by atoms with Gasteiger partial charge in [0.2, 0.25) is 0 Å². The molecule has 0 saturated heterocycles. The highest BCUT2D eigenvalue weighted by molar-refractivity contribution is 6.02. The molecule has 2 N–H and O–H groups in total. The van der Waals surface area contributed by atoms with Gasteiger partial charge in [0.05, 0.1) is 18.0 Å². The average molecular weight is 410 g/mol. The van der Waals surface area contributed by atoms with Crippen LogP contribution in [-0.4, -0.2) is 33.7 Å². The first kappa shape index (κ1) is 20.8. The number of hydrogen-bond acceptors (Lipinski definition) is 6. The molecule has 0 aliphatic carbocycles. The van der Waals surface area contributed by atoms with Crippen LogP contribution < -0.4 is 10.6 Å². The van der Waals surface area contributed by atoms with Gasteiger partial charge in [0.1, 0.15) is 5.82 Å². The van der Waals surface area contributed by atoms with Crippen LogP contribution in [0.25, 0.3) is 0 Å². The second-order valence-electron chi connectivity index (χ2n) is 6.80. The molecule has 1 atom stereocenters. The highest BCUT2D eigenvalue weighted by Crippen LogP contribution is 2.15. The lowest BCUT2D eigenvalue weighted by Crippen LogP contribution is -2.31. The van der Waals surface area contributed by atoms with E-state index in [0.717, 1.165) is 0 Å². The maximum absolute atomic E-state index is 12.4. The third-order valence-corrected chi connectivity index (χ3v) is 4.19. The van der Waals surface area contributed by atoms with Crippen LogP contribution in [0.15, 0.2) is 59.3 Å². The number of aromatic nitrogens is 2. The van der Waals surface area contributed by atoms with Gasteiger partial charge in [0.25, 0.3) is 11.8 Å². The number of esters is 1. The zero-order valence-electron chi connectivity index (χ0n) is 16.8. The number of anilines is 2. The highest BCUT2D eigenvalue weighted by atomic mass is 16.5. The van der Waals surface area contributed by atoms with Crippen LogP contribution >= 0.6 is 0 Å². The molecule has 2 aromatic heterocycles. The first-order valence-corrected chi connectivity index (χ1v) is 9.35. The first-order chi connectivity index (χ1) is 14.3. The van der Waals surface area contributed by atoms with E-state index in [9.17, 15) is 14.4 Å². The molecule has 1 aromatic carbocycles. The number of ether oxygens (including phenoxy) is 1. The number of nitrogens with one attached hydrogen (secondary N) is 2. The predicted molar refractivity (Wildman–Crippen MR) is 109 cm³/mol. The van der Waals surface area contributed by atoms with Gasteiger partial charge in [-0.25, -0.2) is 9.48 Å². The molecule has 30 heavy (non-hydrogen) atoms. The van der Waals surface area contributed by atoms with E-state index in [1.165, 1.54) is 25.3 Å². The third-order valence-electron chi connectivity index (χ3n) is 4.19. The summed E-state index contributed by atoms with van der Waals surface area (Å²) in [7, 11) is 0. The monoisotopic (exact) mass is 410 g/mol. The summed E-state index contributed by atoms with van der Waals surface area (Å²) < 4.78 is 11.9. The minimum absolute atomic E-state index is 0.0694. The summed E-state index contributed by atoms with van der Waals surface area (Å²) in [4.78, 5) is 36.7. The molecule has 0 fully saturated rings. The van der Waals surface area contributed by atoms with E-state index in [1.54, 1.807) is 41.2 Å². The second kappa shape index (κ2) is 9.08. The number of carbonyl (C=O) groups excluding carboxylic acids is 3. The number of benzene rings is 1. The number of rotatable bonds is 7. The Kier molecular flexibility index (Phi) is 6.31. The van der Waals surface area contributed by atoms with Crippen LogP contribution in [0.4, 0.5) is 11.5 Å². The van der Waals surface area contributed by atoms with E-state index in [-0.39, 0.29) is 17.4 Å². The van der Waals surface area contributed by atoms with Crippen LogP contribution in [0.5, 0.6) is 0 Å². The number of amides is 2. The molecule has 2 amide bonds. The van der Waals surface area contributed by atoms with E-state index >= 15 is 0 Å². The first-order valence-electron chi connectivity index (χ1n) is 9.35. The Morgan fingerprint density at radius 3 is 2.40 bits per heavy atom. The van der Waals surface area contributed by atoms with Crippen molar-refractivity contribution in [2.75, 3.05) is 10.6 Å². The molecule has 9 nitrogen and oxygen atoms in total. The maximum Gasteiger partial charge on any atom is 0.338 e. The lowest BCUT2D eigenvalue weighted by atomic mass is 10.2. The largest absolute Gasteiger partial charge is 0.459 e. The Bertz CT molecular complexity index is 1020. The van der Waals surface area contributed by atoms with Gasteiger partial charge in [-0.15, -0.1) is 0 Å². The normalized spacial score (nSPS) is 11.7. The van der Waals surface area contributed by atoms with Crippen LogP contribution in [0.3, 0.4) is 0 Å². The van der Waals surface area contributed by atoms with Gasteiger partial charge in [0, 0.05) is 17.8 Å². The predicted octanol–water partition coefficient (Wildman–Crippen LogP) is 3.49. The van der Waals surface area contributed by atoms with Crippen molar-refractivity contribution in [3.63, 3.8) is 0 Å². The zero-order valence-corrected chi connectivity index (χ0v) is 16.8. The van der Waals surface area contributed by atoms with Crippen molar-refractivity contribution in [1.82, 2.24) is 9.78 Å². The van der Waals surface area contributed by atoms with Crippen molar-refractivity contribution in [3.05, 3.63) is 66.2 Å². The maximum atomic E-state index is 12.4. The Morgan fingerprint density at radius 1 is 1.03 bits per heavy atom. The van der Waals surface area contributed by atoms with Gasteiger partial charge in [-0.2, -0.15) is 5.10 Å². The van der Waals surface area contributed by atoms with Gasteiger partial charge in [0.15, 0.2) is 11.9 Å². The number of nitrogens with zero attached hydrogens (tertiary/aromatic N) is 2. The molecule has 0 spiro atoms. The standard InChI is InChI=1S/C21H22N4O5/c1-13(2)25-18(10-11-22-25)24-19(26)14(3)30-21(28)15-6-8-16(9-7-15)23-20(27)17-5-4-12-29-17/h4-14H,1-3H3,(H,23,27)(H,24,26). The number of furan rings is 1. The minimum atomic E-state index is -1.01. The molecule has 0 aliphatic heterocycles. The van der Waals surface area contributed by atoms with Crippen LogP contribution in [-0.2, 0) is 9.53 Å². The van der Waals surface area contributed by atoms with Crippen molar-refractivity contribution in [2.24, 2.45) is 0 Å². The topological polar surface area (TPSA) is 115 Å². The van der Waals surface area contributed by atoms with Crippen molar-refractivity contribution in [1.29, 1.82) is 0 Å². The molecular weight excluding hydrogens is 388 g/mol. The Balaban J connectivity index is 1.56. The van der Waals surface area contributed by atoms with E-state index in [0.29, 0.717) is 11.5 Å². The molecule has 3 aromatic rings. The SMILES string of the molecule is CC(OC(=O)c1ccc(NC(=O)c2ccco2)cc1)C(=O)Nc1ccnn1C(C)C. The third kappa shape index (κ3) is 4.93. The van der Waals surface area contributed by atoms with Gasteiger partial charge >= 0.3 is 5.97 Å². The van der Waals surface area contributed by atoms with Crippen LogP contribution in [0, 0.1) is 0 Å². The molecule has 1 unspecified atom stereocenters. The van der Waals surface area contributed by atoms with E-state index in [4.69, 9.17) is 9.15 Å². The minimum Gasteiger partial charge on any atom is -0.459 e. The summed E-state index contributed by atoms with van der Waals surface area (Å²) in [6, 6.07) is 11.0. The molecule has 0 saturated carbocycles. The number of hydrogen-bond donors (Lipinski definition) is 2. The molecule has 0 radical (unpaired) electrons. The lowest BCUT2D eigenvalue weighted by molar-refractivity contribution is -0.123.